The number of rotatable bonds is 45. The Hall–Kier alpha value is -3.41. The van der Waals surface area contributed by atoms with Gasteiger partial charge in [0.15, 0.2) is 6.10 Å². The molecule has 62 heavy (non-hydrogen) atoms. The van der Waals surface area contributed by atoms with Gasteiger partial charge in [-0.25, -0.2) is 0 Å². The molecule has 0 aliphatic carbocycles. The molecule has 0 aromatic carbocycles. The Morgan fingerprint density at radius 3 is 0.984 bits per heavy atom. The maximum atomic E-state index is 12.8. The third kappa shape index (κ3) is 47.6. The van der Waals surface area contributed by atoms with Gasteiger partial charge < -0.3 is 14.2 Å². The van der Waals surface area contributed by atoms with Gasteiger partial charge in [-0.15, -0.1) is 0 Å². The minimum absolute atomic E-state index is 0.109. The number of esters is 3. The predicted molar refractivity (Wildman–Crippen MR) is 265 cm³/mol. The van der Waals surface area contributed by atoms with E-state index >= 15 is 0 Å². The van der Waals surface area contributed by atoms with Crippen LogP contribution in [0.4, 0.5) is 0 Å². The van der Waals surface area contributed by atoms with Crippen molar-refractivity contribution >= 4 is 17.9 Å². The van der Waals surface area contributed by atoms with Crippen molar-refractivity contribution in [3.63, 3.8) is 0 Å². The first-order chi connectivity index (χ1) is 30.5. The smallest absolute Gasteiger partial charge is 0.306 e. The summed E-state index contributed by atoms with van der Waals surface area (Å²) in [5.74, 6) is -1.01. The van der Waals surface area contributed by atoms with Crippen molar-refractivity contribution in [2.75, 3.05) is 13.2 Å². The molecule has 0 amide bonds. The number of unbranched alkanes of at least 4 members (excludes halogenated alkanes) is 20. The highest BCUT2D eigenvalue weighted by Crippen LogP contribution is 2.14. The lowest BCUT2D eigenvalue weighted by Crippen LogP contribution is -2.30. The first-order valence-electron chi connectivity index (χ1n) is 25.6. The maximum Gasteiger partial charge on any atom is 0.306 e. The lowest BCUT2D eigenvalue weighted by atomic mass is 10.0. The van der Waals surface area contributed by atoms with Crippen LogP contribution >= 0.6 is 0 Å². The standard InChI is InChI=1S/C56H94O6/c1-4-7-10-13-16-19-22-25-27-28-30-32-35-38-41-44-47-50-56(59)62-53(51-60-54(57)48-45-42-39-36-33-24-21-18-15-12-9-6-3)52-61-55(58)49-46-43-40-37-34-31-29-26-23-20-17-14-11-8-5-2/h16-17,19-20,25-27,29-30,32,34,37-38,41,53H,4-15,18,21-24,28,31,33,35-36,39-40,42-52H2,1-3H3/b19-16-,20-17-,27-25-,29-26-,32-30-,37-34-,41-38-/t53-/m0/s1. The van der Waals surface area contributed by atoms with Crippen LogP contribution in [0.3, 0.4) is 0 Å². The zero-order chi connectivity index (χ0) is 45.1. The van der Waals surface area contributed by atoms with Crippen LogP contribution in [-0.2, 0) is 28.6 Å². The number of ether oxygens (including phenoxy) is 3. The van der Waals surface area contributed by atoms with Gasteiger partial charge in [-0.1, -0.05) is 202 Å². The molecule has 0 aromatic rings. The van der Waals surface area contributed by atoms with Crippen molar-refractivity contribution in [2.24, 2.45) is 0 Å². The summed E-state index contributed by atoms with van der Waals surface area (Å²) in [5.41, 5.74) is 0. The Bertz CT molecular complexity index is 1220. The minimum atomic E-state index is -0.818. The minimum Gasteiger partial charge on any atom is -0.462 e. The van der Waals surface area contributed by atoms with E-state index in [1.165, 1.54) is 109 Å². The van der Waals surface area contributed by atoms with Gasteiger partial charge in [-0.2, -0.15) is 0 Å². The normalized spacial score (nSPS) is 12.8. The number of carbonyl (C=O) groups excluding carboxylic acids is 3. The molecule has 0 N–H and O–H groups in total. The zero-order valence-electron chi connectivity index (χ0n) is 40.4. The molecule has 1 atom stereocenters. The molecule has 354 valence electrons. The van der Waals surface area contributed by atoms with Gasteiger partial charge in [0, 0.05) is 19.3 Å². The summed E-state index contributed by atoms with van der Waals surface area (Å²) in [4.78, 5) is 37.9. The SMILES string of the molecule is CCCCC/C=C\C/C=C\C/C=C\C/C=C\CCCC(=O)O[C@H](COC(=O)CCCC/C=C\C/C=C\C/C=C\CCCCC)COC(=O)CCCCCCCCCCCCCC. The Labute approximate surface area is 382 Å². The molecule has 0 saturated heterocycles. The van der Waals surface area contributed by atoms with Gasteiger partial charge in [0.2, 0.25) is 0 Å². The largest absolute Gasteiger partial charge is 0.462 e. The van der Waals surface area contributed by atoms with Crippen LogP contribution in [0.15, 0.2) is 85.1 Å². The highest BCUT2D eigenvalue weighted by atomic mass is 16.6. The molecule has 0 spiro atoms. The van der Waals surface area contributed by atoms with Gasteiger partial charge in [-0.3, -0.25) is 14.4 Å². The Morgan fingerprint density at radius 2 is 0.597 bits per heavy atom. The maximum absolute atomic E-state index is 12.8. The van der Waals surface area contributed by atoms with E-state index in [1.807, 2.05) is 0 Å². The fourth-order valence-electron chi connectivity index (χ4n) is 6.73. The number of carbonyl (C=O) groups is 3. The van der Waals surface area contributed by atoms with Gasteiger partial charge in [0.25, 0.3) is 0 Å². The van der Waals surface area contributed by atoms with E-state index in [9.17, 15) is 14.4 Å². The molecule has 0 aliphatic heterocycles. The van der Waals surface area contributed by atoms with Gasteiger partial charge in [0.1, 0.15) is 13.2 Å². The summed E-state index contributed by atoms with van der Waals surface area (Å²) < 4.78 is 16.7. The monoisotopic (exact) mass is 863 g/mol. The van der Waals surface area contributed by atoms with Crippen LogP contribution in [-0.4, -0.2) is 37.2 Å². The molecular formula is C56H94O6. The van der Waals surface area contributed by atoms with Crippen LogP contribution < -0.4 is 0 Å². The molecule has 0 radical (unpaired) electrons. The zero-order valence-corrected chi connectivity index (χ0v) is 40.4. The summed E-state index contributed by atoms with van der Waals surface area (Å²) >= 11 is 0. The Balaban J connectivity index is 4.54. The molecule has 0 rings (SSSR count). The summed E-state index contributed by atoms with van der Waals surface area (Å²) in [7, 11) is 0. The highest BCUT2D eigenvalue weighted by molar-refractivity contribution is 5.71. The van der Waals surface area contributed by atoms with E-state index in [0.29, 0.717) is 19.3 Å². The van der Waals surface area contributed by atoms with Crippen LogP contribution in [0, 0.1) is 0 Å². The molecule has 6 heteroatoms. The van der Waals surface area contributed by atoms with Crippen molar-refractivity contribution in [1.29, 1.82) is 0 Å². The Kier molecular flexibility index (Phi) is 47.5. The fourth-order valence-corrected chi connectivity index (χ4v) is 6.73. The topological polar surface area (TPSA) is 78.9 Å². The molecule has 0 aliphatic rings. The molecule has 6 nitrogen and oxygen atoms in total. The first-order valence-corrected chi connectivity index (χ1v) is 25.6. The number of allylic oxidation sites excluding steroid dienone is 14. The third-order valence-corrected chi connectivity index (χ3v) is 10.6. The van der Waals surface area contributed by atoms with Crippen LogP contribution in [0.5, 0.6) is 0 Å². The lowest BCUT2D eigenvalue weighted by Gasteiger charge is -2.18. The summed E-state index contributed by atoms with van der Waals surface area (Å²) in [6.07, 6.45) is 64.3. The van der Waals surface area contributed by atoms with E-state index in [2.05, 4.69) is 106 Å². The summed E-state index contributed by atoms with van der Waals surface area (Å²) in [6.45, 7) is 6.49. The van der Waals surface area contributed by atoms with Crippen molar-refractivity contribution in [1.82, 2.24) is 0 Å². The first kappa shape index (κ1) is 58.6. The fraction of sp³-hybridized carbons (Fsp3) is 0.696. The average Bonchev–Trinajstić information content (AvgIpc) is 3.27. The summed E-state index contributed by atoms with van der Waals surface area (Å²) in [6, 6.07) is 0. The number of hydrogen-bond donors (Lipinski definition) is 0. The van der Waals surface area contributed by atoms with E-state index < -0.39 is 6.10 Å². The third-order valence-electron chi connectivity index (χ3n) is 10.6. The second-order valence-corrected chi connectivity index (χ2v) is 16.7. The van der Waals surface area contributed by atoms with Crippen molar-refractivity contribution in [3.8, 4) is 0 Å². The van der Waals surface area contributed by atoms with Gasteiger partial charge >= 0.3 is 17.9 Å². The second-order valence-electron chi connectivity index (χ2n) is 16.7. The van der Waals surface area contributed by atoms with Crippen LogP contribution in [0.1, 0.15) is 233 Å². The molecule has 0 unspecified atom stereocenters. The van der Waals surface area contributed by atoms with Gasteiger partial charge in [0.05, 0.1) is 0 Å². The highest BCUT2D eigenvalue weighted by Gasteiger charge is 2.19. The molecule has 0 bridgehead atoms. The van der Waals surface area contributed by atoms with E-state index in [0.717, 1.165) is 77.0 Å². The number of hydrogen-bond acceptors (Lipinski definition) is 6. The molecule has 0 saturated carbocycles. The van der Waals surface area contributed by atoms with Crippen LogP contribution in [0.25, 0.3) is 0 Å². The second kappa shape index (κ2) is 50.2. The quantitative estimate of drug-likeness (QED) is 0.0263. The van der Waals surface area contributed by atoms with Crippen molar-refractivity contribution in [2.45, 2.75) is 239 Å². The molecule has 0 aromatic heterocycles. The molecule has 0 heterocycles. The van der Waals surface area contributed by atoms with E-state index in [4.69, 9.17) is 14.2 Å². The Morgan fingerprint density at radius 1 is 0.323 bits per heavy atom. The van der Waals surface area contributed by atoms with Crippen LogP contribution in [0.2, 0.25) is 0 Å². The lowest BCUT2D eigenvalue weighted by molar-refractivity contribution is -0.167. The van der Waals surface area contributed by atoms with E-state index in [1.54, 1.807) is 0 Å². The average molecular weight is 863 g/mol. The van der Waals surface area contributed by atoms with Crippen molar-refractivity contribution < 1.29 is 28.6 Å². The van der Waals surface area contributed by atoms with E-state index in [-0.39, 0.29) is 37.5 Å². The van der Waals surface area contributed by atoms with Gasteiger partial charge in [-0.05, 0) is 96.3 Å². The predicted octanol–water partition coefficient (Wildman–Crippen LogP) is 16.8. The van der Waals surface area contributed by atoms with Crippen molar-refractivity contribution in [3.05, 3.63) is 85.1 Å². The molecular weight excluding hydrogens is 769 g/mol. The summed E-state index contributed by atoms with van der Waals surface area (Å²) in [5, 5.41) is 0. The molecule has 0 fully saturated rings.